The van der Waals surface area contributed by atoms with Crippen LogP contribution in [0.3, 0.4) is 0 Å². The van der Waals surface area contributed by atoms with Crippen molar-refractivity contribution in [3.05, 3.63) is 0 Å². The number of carbonyl (C=O) groups is 3. The summed E-state index contributed by atoms with van der Waals surface area (Å²) in [5.41, 5.74) is 0. The van der Waals surface area contributed by atoms with Gasteiger partial charge in [-0.05, 0) is 25.7 Å². The number of carboxylic acids is 1. The first-order chi connectivity index (χ1) is 8.90. The van der Waals surface area contributed by atoms with Gasteiger partial charge < -0.3 is 15.3 Å². The lowest BCUT2D eigenvalue weighted by Gasteiger charge is -2.13. The van der Waals surface area contributed by atoms with Crippen molar-refractivity contribution in [2.75, 3.05) is 14.1 Å². The van der Waals surface area contributed by atoms with Crippen molar-refractivity contribution in [2.24, 2.45) is 5.92 Å². The van der Waals surface area contributed by atoms with Gasteiger partial charge in [-0.25, -0.2) is 0 Å². The number of carbonyl (C=O) groups excluding carboxylic acids is 2. The zero-order valence-corrected chi connectivity index (χ0v) is 11.5. The van der Waals surface area contributed by atoms with E-state index in [1.807, 2.05) is 0 Å². The Bertz CT molecular complexity index is 355. The summed E-state index contributed by atoms with van der Waals surface area (Å²) in [4.78, 5) is 35.3. The van der Waals surface area contributed by atoms with Gasteiger partial charge in [-0.15, -0.1) is 0 Å². The molecule has 6 heteroatoms. The van der Waals surface area contributed by atoms with E-state index in [1.165, 1.54) is 4.90 Å². The van der Waals surface area contributed by atoms with Gasteiger partial charge in [0.05, 0.1) is 5.92 Å². The van der Waals surface area contributed by atoms with Crippen LogP contribution < -0.4 is 5.32 Å². The molecule has 1 aliphatic rings. The lowest BCUT2D eigenvalue weighted by molar-refractivity contribution is -0.141. The minimum atomic E-state index is -0.784. The third kappa shape index (κ3) is 5.28. The number of amides is 2. The average Bonchev–Trinajstić information content (AvgIpc) is 2.77. The topological polar surface area (TPSA) is 86.7 Å². The van der Waals surface area contributed by atoms with Crippen LogP contribution in [0, 0.1) is 5.92 Å². The summed E-state index contributed by atoms with van der Waals surface area (Å²) in [5.74, 6) is -1.20. The van der Waals surface area contributed by atoms with Crippen LogP contribution >= 0.6 is 0 Å². The van der Waals surface area contributed by atoms with Gasteiger partial charge in [-0.2, -0.15) is 0 Å². The third-order valence-corrected chi connectivity index (χ3v) is 3.44. The van der Waals surface area contributed by atoms with Crippen LogP contribution in [0.25, 0.3) is 0 Å². The second-order valence-electron chi connectivity index (χ2n) is 5.25. The predicted octanol–water partition coefficient (Wildman–Crippen LogP) is 0.614. The van der Waals surface area contributed by atoms with Crippen molar-refractivity contribution in [2.45, 2.75) is 44.6 Å². The summed E-state index contributed by atoms with van der Waals surface area (Å²) in [6, 6.07) is -0.0295. The SMILES string of the molecule is CN(C)C(=O)CCCC(=O)N[C@@H]1CC[C@H](C(=O)O)C1. The Morgan fingerprint density at radius 1 is 1.21 bits per heavy atom. The molecule has 1 aliphatic carbocycles. The molecule has 0 aromatic rings. The largest absolute Gasteiger partial charge is 0.481 e. The second-order valence-corrected chi connectivity index (χ2v) is 5.25. The van der Waals surface area contributed by atoms with Gasteiger partial charge >= 0.3 is 5.97 Å². The molecule has 2 amide bonds. The quantitative estimate of drug-likeness (QED) is 0.740. The fraction of sp³-hybridized carbons (Fsp3) is 0.769. The maximum absolute atomic E-state index is 11.6. The van der Waals surface area contributed by atoms with E-state index in [0.29, 0.717) is 32.1 Å². The number of rotatable bonds is 6. The Balaban J connectivity index is 2.18. The van der Waals surface area contributed by atoms with E-state index >= 15 is 0 Å². The van der Waals surface area contributed by atoms with Crippen LogP contribution in [0.2, 0.25) is 0 Å². The molecule has 1 rings (SSSR count). The Hall–Kier alpha value is -1.59. The Labute approximate surface area is 113 Å². The number of nitrogens with one attached hydrogen (secondary N) is 1. The molecule has 19 heavy (non-hydrogen) atoms. The molecule has 6 nitrogen and oxygen atoms in total. The van der Waals surface area contributed by atoms with Gasteiger partial charge in [0.15, 0.2) is 0 Å². The van der Waals surface area contributed by atoms with Crippen molar-refractivity contribution in [1.29, 1.82) is 0 Å². The average molecular weight is 270 g/mol. The molecule has 0 aliphatic heterocycles. The van der Waals surface area contributed by atoms with E-state index in [1.54, 1.807) is 14.1 Å². The summed E-state index contributed by atoms with van der Waals surface area (Å²) in [6.45, 7) is 0. The van der Waals surface area contributed by atoms with Crippen molar-refractivity contribution in [3.8, 4) is 0 Å². The summed E-state index contributed by atoms with van der Waals surface area (Å²) < 4.78 is 0. The van der Waals surface area contributed by atoms with Crippen molar-refractivity contribution in [3.63, 3.8) is 0 Å². The van der Waals surface area contributed by atoms with Gasteiger partial charge in [0.1, 0.15) is 0 Å². The molecule has 1 fully saturated rings. The van der Waals surface area contributed by atoms with Crippen LogP contribution in [0.4, 0.5) is 0 Å². The molecular weight excluding hydrogens is 248 g/mol. The maximum Gasteiger partial charge on any atom is 0.306 e. The molecule has 2 N–H and O–H groups in total. The minimum Gasteiger partial charge on any atom is -0.481 e. The van der Waals surface area contributed by atoms with E-state index in [2.05, 4.69) is 5.32 Å². The van der Waals surface area contributed by atoms with Crippen LogP contribution in [-0.4, -0.2) is 47.9 Å². The van der Waals surface area contributed by atoms with Crippen molar-refractivity contribution in [1.82, 2.24) is 10.2 Å². The van der Waals surface area contributed by atoms with Gasteiger partial charge in [-0.1, -0.05) is 0 Å². The standard InChI is InChI=1S/C13H22N2O4/c1-15(2)12(17)5-3-4-11(16)14-10-7-6-9(8-10)13(18)19/h9-10H,3-8H2,1-2H3,(H,14,16)(H,18,19)/t9-,10+/m0/s1. The fourth-order valence-corrected chi connectivity index (χ4v) is 2.26. The van der Waals surface area contributed by atoms with Gasteiger partial charge in [0.25, 0.3) is 0 Å². The zero-order valence-electron chi connectivity index (χ0n) is 11.5. The van der Waals surface area contributed by atoms with Crippen LogP contribution in [0.1, 0.15) is 38.5 Å². The highest BCUT2D eigenvalue weighted by Crippen LogP contribution is 2.25. The molecule has 0 aromatic heterocycles. The molecular formula is C13H22N2O4. The predicted molar refractivity (Wildman–Crippen MR) is 69.5 cm³/mol. The van der Waals surface area contributed by atoms with Crippen LogP contribution in [-0.2, 0) is 14.4 Å². The number of hydrogen-bond acceptors (Lipinski definition) is 3. The maximum atomic E-state index is 11.6. The van der Waals surface area contributed by atoms with E-state index in [4.69, 9.17) is 5.11 Å². The summed E-state index contributed by atoms with van der Waals surface area (Å²) in [6.07, 6.45) is 3.06. The lowest BCUT2D eigenvalue weighted by Crippen LogP contribution is -2.33. The van der Waals surface area contributed by atoms with E-state index in [0.717, 1.165) is 6.42 Å². The molecule has 0 spiro atoms. The van der Waals surface area contributed by atoms with Crippen LogP contribution in [0.5, 0.6) is 0 Å². The van der Waals surface area contributed by atoms with E-state index in [-0.39, 0.29) is 23.8 Å². The summed E-state index contributed by atoms with van der Waals surface area (Å²) >= 11 is 0. The number of nitrogens with zero attached hydrogens (tertiary/aromatic N) is 1. The molecule has 1 saturated carbocycles. The first-order valence-electron chi connectivity index (χ1n) is 6.62. The summed E-state index contributed by atoms with van der Waals surface area (Å²) in [7, 11) is 3.37. The van der Waals surface area contributed by atoms with Crippen LogP contribution in [0.15, 0.2) is 0 Å². The number of hydrogen-bond donors (Lipinski definition) is 2. The molecule has 108 valence electrons. The van der Waals surface area contributed by atoms with E-state index < -0.39 is 5.97 Å². The molecule has 0 unspecified atom stereocenters. The molecule has 0 bridgehead atoms. The monoisotopic (exact) mass is 270 g/mol. The van der Waals surface area contributed by atoms with Gasteiger partial charge in [-0.3, -0.25) is 14.4 Å². The zero-order chi connectivity index (χ0) is 14.4. The highest BCUT2D eigenvalue weighted by atomic mass is 16.4. The van der Waals surface area contributed by atoms with Gasteiger partial charge in [0, 0.05) is 33.0 Å². The highest BCUT2D eigenvalue weighted by molar-refractivity contribution is 5.79. The molecule has 0 radical (unpaired) electrons. The smallest absolute Gasteiger partial charge is 0.306 e. The second kappa shape index (κ2) is 7.11. The van der Waals surface area contributed by atoms with E-state index in [9.17, 15) is 14.4 Å². The Morgan fingerprint density at radius 2 is 1.89 bits per heavy atom. The lowest BCUT2D eigenvalue weighted by atomic mass is 10.1. The third-order valence-electron chi connectivity index (χ3n) is 3.44. The Kier molecular flexibility index (Phi) is 5.79. The van der Waals surface area contributed by atoms with Gasteiger partial charge in [0.2, 0.25) is 11.8 Å². The molecule has 2 atom stereocenters. The number of aliphatic carboxylic acids is 1. The first kappa shape index (κ1) is 15.5. The molecule has 0 aromatic carbocycles. The summed E-state index contributed by atoms with van der Waals surface area (Å²) in [5, 5.41) is 11.7. The normalized spacial score (nSPS) is 22.0. The molecule has 0 heterocycles. The first-order valence-corrected chi connectivity index (χ1v) is 6.62. The highest BCUT2D eigenvalue weighted by Gasteiger charge is 2.30. The van der Waals surface area contributed by atoms with Crippen molar-refractivity contribution >= 4 is 17.8 Å². The number of carboxylic acid groups (broad SMARTS) is 1. The molecule has 0 saturated heterocycles. The van der Waals surface area contributed by atoms with Crippen molar-refractivity contribution < 1.29 is 19.5 Å². The fourth-order valence-electron chi connectivity index (χ4n) is 2.26. The Morgan fingerprint density at radius 3 is 2.42 bits per heavy atom. The minimum absolute atomic E-state index is 0.0135.